The van der Waals surface area contributed by atoms with Crippen molar-refractivity contribution in [3.05, 3.63) is 53.7 Å². The summed E-state index contributed by atoms with van der Waals surface area (Å²) in [7, 11) is 0. The van der Waals surface area contributed by atoms with Gasteiger partial charge in [0.15, 0.2) is 11.5 Å². The van der Waals surface area contributed by atoms with E-state index >= 15 is 0 Å². The van der Waals surface area contributed by atoms with E-state index in [9.17, 15) is 19.2 Å². The largest absolute Gasteiger partial charge is 0.462 e. The standard InChI is InChI=1S/C21H20N2O7/c1-4-28-21(27)16-6-5-11-22-20(16)23-19(26)10-8-15-7-9-17(29-13(2)24)18(12-15)30-14(3)25/h5-12H,4H2,1-3H3,(H,22,23,26)/b10-8+. The van der Waals surface area contributed by atoms with Gasteiger partial charge < -0.3 is 19.5 Å². The monoisotopic (exact) mass is 412 g/mol. The lowest BCUT2D eigenvalue weighted by molar-refractivity contribution is -0.134. The Morgan fingerprint density at radius 2 is 1.73 bits per heavy atom. The molecule has 30 heavy (non-hydrogen) atoms. The summed E-state index contributed by atoms with van der Waals surface area (Å²) in [4.78, 5) is 50.6. The van der Waals surface area contributed by atoms with Gasteiger partial charge in [0, 0.05) is 26.1 Å². The van der Waals surface area contributed by atoms with Crippen LogP contribution in [0.25, 0.3) is 6.08 Å². The number of anilines is 1. The summed E-state index contributed by atoms with van der Waals surface area (Å²) in [6.07, 6.45) is 4.09. The van der Waals surface area contributed by atoms with E-state index in [1.807, 2.05) is 0 Å². The number of rotatable bonds is 7. The Morgan fingerprint density at radius 1 is 1.03 bits per heavy atom. The average Bonchev–Trinajstić information content (AvgIpc) is 2.68. The highest BCUT2D eigenvalue weighted by molar-refractivity contribution is 6.05. The molecule has 0 aliphatic heterocycles. The first kappa shape index (κ1) is 22.3. The van der Waals surface area contributed by atoms with Crippen LogP contribution in [-0.2, 0) is 19.1 Å². The highest BCUT2D eigenvalue weighted by atomic mass is 16.6. The second-order valence-corrected chi connectivity index (χ2v) is 5.84. The fourth-order valence-corrected chi connectivity index (χ4v) is 2.31. The number of carbonyl (C=O) groups excluding carboxylic acids is 4. The number of hydrogen-bond acceptors (Lipinski definition) is 8. The van der Waals surface area contributed by atoms with Gasteiger partial charge >= 0.3 is 17.9 Å². The molecule has 0 saturated heterocycles. The predicted molar refractivity (Wildman–Crippen MR) is 107 cm³/mol. The summed E-state index contributed by atoms with van der Waals surface area (Å²) in [5.41, 5.74) is 0.632. The second-order valence-electron chi connectivity index (χ2n) is 5.84. The van der Waals surface area contributed by atoms with E-state index < -0.39 is 23.8 Å². The first-order valence-corrected chi connectivity index (χ1v) is 8.92. The molecule has 2 rings (SSSR count). The van der Waals surface area contributed by atoms with Gasteiger partial charge in [-0.2, -0.15) is 0 Å². The summed E-state index contributed by atoms with van der Waals surface area (Å²) in [5, 5.41) is 2.51. The normalized spacial score (nSPS) is 10.4. The Bertz CT molecular complexity index is 999. The lowest BCUT2D eigenvalue weighted by atomic mass is 10.2. The number of pyridine rings is 1. The Labute approximate surface area is 172 Å². The Kier molecular flexibility index (Phi) is 7.81. The van der Waals surface area contributed by atoms with Crippen LogP contribution in [0.2, 0.25) is 0 Å². The number of ether oxygens (including phenoxy) is 3. The minimum atomic E-state index is -0.600. The van der Waals surface area contributed by atoms with E-state index in [1.54, 1.807) is 19.1 Å². The molecule has 0 aliphatic carbocycles. The molecule has 2 aromatic rings. The van der Waals surface area contributed by atoms with E-state index in [-0.39, 0.29) is 29.5 Å². The molecule has 9 nitrogen and oxygen atoms in total. The topological polar surface area (TPSA) is 121 Å². The summed E-state index contributed by atoms with van der Waals surface area (Å²) < 4.78 is 15.0. The molecular weight excluding hydrogens is 392 g/mol. The lowest BCUT2D eigenvalue weighted by Gasteiger charge is -2.09. The highest BCUT2D eigenvalue weighted by Crippen LogP contribution is 2.29. The molecule has 1 amide bonds. The summed E-state index contributed by atoms with van der Waals surface area (Å²) in [6.45, 7) is 4.29. The van der Waals surface area contributed by atoms with E-state index in [1.165, 1.54) is 50.4 Å². The van der Waals surface area contributed by atoms with E-state index in [2.05, 4.69) is 10.3 Å². The van der Waals surface area contributed by atoms with Crippen LogP contribution < -0.4 is 14.8 Å². The molecule has 0 aliphatic rings. The van der Waals surface area contributed by atoms with Crippen LogP contribution in [0.4, 0.5) is 5.82 Å². The predicted octanol–water partition coefficient (Wildman–Crippen LogP) is 2.76. The van der Waals surface area contributed by atoms with Crippen molar-refractivity contribution in [2.75, 3.05) is 11.9 Å². The number of hydrogen-bond donors (Lipinski definition) is 1. The van der Waals surface area contributed by atoms with E-state index in [4.69, 9.17) is 14.2 Å². The van der Waals surface area contributed by atoms with Gasteiger partial charge in [-0.25, -0.2) is 9.78 Å². The molecule has 0 saturated carbocycles. The fourth-order valence-electron chi connectivity index (χ4n) is 2.31. The van der Waals surface area contributed by atoms with Gasteiger partial charge in [-0.1, -0.05) is 6.07 Å². The van der Waals surface area contributed by atoms with Crippen molar-refractivity contribution >= 4 is 35.7 Å². The van der Waals surface area contributed by atoms with Crippen molar-refractivity contribution in [1.29, 1.82) is 0 Å². The quantitative estimate of drug-likeness (QED) is 0.419. The van der Waals surface area contributed by atoms with Crippen molar-refractivity contribution in [2.24, 2.45) is 0 Å². The van der Waals surface area contributed by atoms with Crippen LogP contribution in [-0.4, -0.2) is 35.4 Å². The van der Waals surface area contributed by atoms with E-state index in [0.29, 0.717) is 5.56 Å². The van der Waals surface area contributed by atoms with Gasteiger partial charge in [0.25, 0.3) is 0 Å². The number of amides is 1. The van der Waals surface area contributed by atoms with Gasteiger partial charge in [0.05, 0.1) is 6.61 Å². The third kappa shape index (κ3) is 6.55. The summed E-state index contributed by atoms with van der Waals surface area (Å²) in [6, 6.07) is 7.49. The number of carbonyl (C=O) groups is 4. The molecule has 1 N–H and O–H groups in total. The maximum atomic E-state index is 12.2. The zero-order chi connectivity index (χ0) is 22.1. The zero-order valence-electron chi connectivity index (χ0n) is 16.6. The molecule has 0 fully saturated rings. The third-order valence-corrected chi connectivity index (χ3v) is 3.45. The Balaban J connectivity index is 2.18. The highest BCUT2D eigenvalue weighted by Gasteiger charge is 2.15. The van der Waals surface area contributed by atoms with Crippen molar-refractivity contribution in [3.63, 3.8) is 0 Å². The van der Waals surface area contributed by atoms with Crippen molar-refractivity contribution < 1.29 is 33.4 Å². The Morgan fingerprint density at radius 3 is 2.40 bits per heavy atom. The molecule has 0 bridgehead atoms. The van der Waals surface area contributed by atoms with Crippen LogP contribution in [0.15, 0.2) is 42.6 Å². The van der Waals surface area contributed by atoms with Gasteiger partial charge in [0.2, 0.25) is 5.91 Å². The fraction of sp³-hybridized carbons (Fsp3) is 0.190. The van der Waals surface area contributed by atoms with Crippen LogP contribution in [0.3, 0.4) is 0 Å². The van der Waals surface area contributed by atoms with Gasteiger partial charge in [-0.05, 0) is 42.8 Å². The van der Waals surface area contributed by atoms with Crippen molar-refractivity contribution in [3.8, 4) is 11.5 Å². The minimum Gasteiger partial charge on any atom is -0.462 e. The lowest BCUT2D eigenvalue weighted by Crippen LogP contribution is -2.15. The molecule has 1 aromatic carbocycles. The minimum absolute atomic E-state index is 0.0366. The third-order valence-electron chi connectivity index (χ3n) is 3.45. The Hall–Kier alpha value is -4.01. The summed E-state index contributed by atoms with van der Waals surface area (Å²) in [5.74, 6) is -2.13. The van der Waals surface area contributed by atoms with Gasteiger partial charge in [0.1, 0.15) is 11.4 Å². The van der Waals surface area contributed by atoms with Crippen LogP contribution in [0.1, 0.15) is 36.7 Å². The van der Waals surface area contributed by atoms with E-state index in [0.717, 1.165) is 0 Å². The molecule has 9 heteroatoms. The van der Waals surface area contributed by atoms with Crippen molar-refractivity contribution in [2.45, 2.75) is 20.8 Å². The first-order chi connectivity index (χ1) is 14.3. The smallest absolute Gasteiger partial charge is 0.341 e. The summed E-state index contributed by atoms with van der Waals surface area (Å²) >= 11 is 0. The number of nitrogens with zero attached hydrogens (tertiary/aromatic N) is 1. The average molecular weight is 412 g/mol. The van der Waals surface area contributed by atoms with Gasteiger partial charge in [-0.15, -0.1) is 0 Å². The van der Waals surface area contributed by atoms with Crippen LogP contribution >= 0.6 is 0 Å². The number of nitrogens with one attached hydrogen (secondary N) is 1. The maximum Gasteiger partial charge on any atom is 0.341 e. The first-order valence-electron chi connectivity index (χ1n) is 8.92. The number of esters is 3. The molecule has 0 unspecified atom stereocenters. The molecule has 0 radical (unpaired) electrons. The molecule has 0 atom stereocenters. The number of aromatic nitrogens is 1. The second kappa shape index (κ2) is 10.5. The van der Waals surface area contributed by atoms with Crippen LogP contribution in [0.5, 0.6) is 11.5 Å². The number of benzene rings is 1. The maximum absolute atomic E-state index is 12.2. The molecule has 156 valence electrons. The zero-order valence-corrected chi connectivity index (χ0v) is 16.6. The molecule has 0 spiro atoms. The van der Waals surface area contributed by atoms with Crippen LogP contribution in [0, 0.1) is 0 Å². The molecular formula is C21H20N2O7. The molecule has 1 aromatic heterocycles. The van der Waals surface area contributed by atoms with Crippen molar-refractivity contribution in [1.82, 2.24) is 4.98 Å². The SMILES string of the molecule is CCOC(=O)c1cccnc1NC(=O)/C=C/c1ccc(OC(C)=O)c(OC(C)=O)c1. The molecule has 1 heterocycles. The van der Waals surface area contributed by atoms with Gasteiger partial charge in [-0.3, -0.25) is 14.4 Å².